The summed E-state index contributed by atoms with van der Waals surface area (Å²) in [4.78, 5) is 14.4. The van der Waals surface area contributed by atoms with E-state index in [4.69, 9.17) is 4.74 Å². The van der Waals surface area contributed by atoms with Gasteiger partial charge in [0, 0.05) is 32.2 Å². The van der Waals surface area contributed by atoms with Crippen LogP contribution in [0.3, 0.4) is 0 Å². The highest BCUT2D eigenvalue weighted by molar-refractivity contribution is 5.76. The van der Waals surface area contributed by atoms with Crippen LogP contribution in [0.4, 0.5) is 0 Å². The van der Waals surface area contributed by atoms with Crippen molar-refractivity contribution in [3.63, 3.8) is 0 Å². The molecule has 0 spiro atoms. The molecule has 1 atom stereocenters. The molecule has 0 bridgehead atoms. The Balaban J connectivity index is 1.59. The maximum absolute atomic E-state index is 11.8. The minimum atomic E-state index is 0.210. The molecule has 2 aliphatic heterocycles. The van der Waals surface area contributed by atoms with Crippen LogP contribution >= 0.6 is 0 Å². The van der Waals surface area contributed by atoms with Crippen molar-refractivity contribution in [2.45, 2.75) is 45.6 Å². The average Bonchev–Trinajstić information content (AvgIpc) is 2.89. The first-order chi connectivity index (χ1) is 9.15. The maximum Gasteiger partial charge on any atom is 0.220 e. The van der Waals surface area contributed by atoms with E-state index in [0.717, 1.165) is 26.2 Å². The molecule has 0 aromatic carbocycles. The summed E-state index contributed by atoms with van der Waals surface area (Å²) in [6.45, 7) is 9.31. The number of piperidine rings is 1. The van der Waals surface area contributed by atoms with Gasteiger partial charge in [-0.2, -0.15) is 0 Å². The molecule has 0 aromatic rings. The lowest BCUT2D eigenvalue weighted by Gasteiger charge is -2.34. The number of carbonyl (C=O) groups is 1. The molecule has 0 aliphatic carbocycles. The van der Waals surface area contributed by atoms with Gasteiger partial charge in [0.15, 0.2) is 0 Å². The Morgan fingerprint density at radius 2 is 2.00 bits per heavy atom. The molecule has 4 heteroatoms. The number of likely N-dealkylation sites (tertiary alicyclic amines) is 1. The largest absolute Gasteiger partial charge is 0.381 e. The van der Waals surface area contributed by atoms with Crippen molar-refractivity contribution < 1.29 is 9.53 Å². The molecule has 2 fully saturated rings. The van der Waals surface area contributed by atoms with Gasteiger partial charge in [-0.05, 0) is 58.0 Å². The number of nitrogens with one attached hydrogen (secondary N) is 1. The molecule has 2 heterocycles. The van der Waals surface area contributed by atoms with Gasteiger partial charge in [0.25, 0.3) is 0 Å². The molecule has 2 saturated heterocycles. The van der Waals surface area contributed by atoms with Crippen molar-refractivity contribution in [2.24, 2.45) is 11.8 Å². The highest BCUT2D eigenvalue weighted by Gasteiger charge is 2.22. The zero-order chi connectivity index (χ0) is 13.7. The van der Waals surface area contributed by atoms with E-state index in [0.29, 0.717) is 24.3 Å². The number of nitrogens with zero attached hydrogens (tertiary/aromatic N) is 1. The second kappa shape index (κ2) is 7.25. The SMILES string of the molecule is CC(C)N1CCC(CNC(=O)C[C@@H]2CCOC2)CC1. The summed E-state index contributed by atoms with van der Waals surface area (Å²) in [6, 6.07) is 0.651. The van der Waals surface area contributed by atoms with E-state index in [1.807, 2.05) is 0 Å². The van der Waals surface area contributed by atoms with Crippen LogP contribution in [-0.4, -0.2) is 49.7 Å². The van der Waals surface area contributed by atoms with Gasteiger partial charge in [0.05, 0.1) is 0 Å². The predicted molar refractivity (Wildman–Crippen MR) is 76.0 cm³/mol. The molecule has 0 unspecified atom stereocenters. The van der Waals surface area contributed by atoms with E-state index in [2.05, 4.69) is 24.1 Å². The van der Waals surface area contributed by atoms with Gasteiger partial charge >= 0.3 is 0 Å². The predicted octanol–water partition coefficient (Wildman–Crippen LogP) is 1.65. The number of ether oxygens (including phenoxy) is 1. The lowest BCUT2D eigenvalue weighted by atomic mass is 9.95. The summed E-state index contributed by atoms with van der Waals surface area (Å²) in [5.41, 5.74) is 0. The van der Waals surface area contributed by atoms with Crippen LogP contribution in [0, 0.1) is 11.8 Å². The minimum absolute atomic E-state index is 0.210. The third-order valence-electron chi connectivity index (χ3n) is 4.47. The Morgan fingerprint density at radius 1 is 1.26 bits per heavy atom. The van der Waals surface area contributed by atoms with Gasteiger partial charge in [0.2, 0.25) is 5.91 Å². The average molecular weight is 268 g/mol. The first-order valence-corrected chi connectivity index (χ1v) is 7.73. The van der Waals surface area contributed by atoms with Crippen molar-refractivity contribution in [3.8, 4) is 0 Å². The van der Waals surface area contributed by atoms with Crippen molar-refractivity contribution in [3.05, 3.63) is 0 Å². The Morgan fingerprint density at radius 3 is 2.58 bits per heavy atom. The van der Waals surface area contributed by atoms with E-state index in [9.17, 15) is 4.79 Å². The number of carbonyl (C=O) groups excluding carboxylic acids is 1. The Labute approximate surface area is 116 Å². The van der Waals surface area contributed by atoms with Crippen molar-refractivity contribution >= 4 is 5.91 Å². The topological polar surface area (TPSA) is 41.6 Å². The smallest absolute Gasteiger partial charge is 0.220 e. The molecule has 0 aromatic heterocycles. The summed E-state index contributed by atoms with van der Waals surface area (Å²) in [7, 11) is 0. The Bertz CT molecular complexity index is 280. The summed E-state index contributed by atoms with van der Waals surface area (Å²) in [5.74, 6) is 1.32. The second-order valence-corrected chi connectivity index (χ2v) is 6.31. The van der Waals surface area contributed by atoms with E-state index in [1.54, 1.807) is 0 Å². The zero-order valence-corrected chi connectivity index (χ0v) is 12.4. The van der Waals surface area contributed by atoms with Crippen LogP contribution in [0.15, 0.2) is 0 Å². The quantitative estimate of drug-likeness (QED) is 0.824. The fourth-order valence-electron chi connectivity index (χ4n) is 3.01. The van der Waals surface area contributed by atoms with Gasteiger partial charge in [-0.3, -0.25) is 4.79 Å². The summed E-state index contributed by atoms with van der Waals surface area (Å²) >= 11 is 0. The van der Waals surface area contributed by atoms with Crippen LogP contribution in [0.5, 0.6) is 0 Å². The number of rotatable bonds is 5. The third-order valence-corrected chi connectivity index (χ3v) is 4.47. The fraction of sp³-hybridized carbons (Fsp3) is 0.933. The van der Waals surface area contributed by atoms with Crippen LogP contribution in [0.1, 0.15) is 39.5 Å². The summed E-state index contributed by atoms with van der Waals surface area (Å²) in [5, 5.41) is 3.11. The molecule has 0 radical (unpaired) electrons. The Hall–Kier alpha value is -0.610. The van der Waals surface area contributed by atoms with Gasteiger partial charge in [-0.25, -0.2) is 0 Å². The molecular formula is C15H28N2O2. The normalized spacial score (nSPS) is 25.9. The second-order valence-electron chi connectivity index (χ2n) is 6.31. The minimum Gasteiger partial charge on any atom is -0.381 e. The highest BCUT2D eigenvalue weighted by Crippen LogP contribution is 2.19. The van der Waals surface area contributed by atoms with Crippen LogP contribution in [-0.2, 0) is 9.53 Å². The van der Waals surface area contributed by atoms with Crippen LogP contribution in [0.2, 0.25) is 0 Å². The van der Waals surface area contributed by atoms with E-state index < -0.39 is 0 Å². The number of hydrogen-bond acceptors (Lipinski definition) is 3. The van der Waals surface area contributed by atoms with Gasteiger partial charge in [-0.1, -0.05) is 0 Å². The number of hydrogen-bond donors (Lipinski definition) is 1. The summed E-state index contributed by atoms with van der Waals surface area (Å²) in [6.07, 6.45) is 4.11. The monoisotopic (exact) mass is 268 g/mol. The van der Waals surface area contributed by atoms with Crippen LogP contribution in [0.25, 0.3) is 0 Å². The molecule has 0 saturated carbocycles. The van der Waals surface area contributed by atoms with Crippen molar-refractivity contribution in [2.75, 3.05) is 32.8 Å². The first kappa shape index (κ1) is 14.8. The number of amides is 1. The molecule has 1 N–H and O–H groups in total. The lowest BCUT2D eigenvalue weighted by Crippen LogP contribution is -2.41. The van der Waals surface area contributed by atoms with Crippen LogP contribution < -0.4 is 5.32 Å². The molecule has 2 rings (SSSR count). The molecule has 110 valence electrons. The molecule has 4 nitrogen and oxygen atoms in total. The van der Waals surface area contributed by atoms with Gasteiger partial charge in [-0.15, -0.1) is 0 Å². The lowest BCUT2D eigenvalue weighted by molar-refractivity contribution is -0.122. The van der Waals surface area contributed by atoms with Crippen molar-refractivity contribution in [1.29, 1.82) is 0 Å². The van der Waals surface area contributed by atoms with Gasteiger partial charge < -0.3 is 15.0 Å². The molecule has 19 heavy (non-hydrogen) atoms. The Kier molecular flexibility index (Phi) is 5.64. The standard InChI is InChI=1S/C15H28N2O2/c1-12(2)17-6-3-13(4-7-17)10-16-15(18)9-14-5-8-19-11-14/h12-14H,3-11H2,1-2H3,(H,16,18)/t14-/m0/s1. The maximum atomic E-state index is 11.8. The molecule has 2 aliphatic rings. The first-order valence-electron chi connectivity index (χ1n) is 7.73. The molecule has 1 amide bonds. The zero-order valence-electron chi connectivity index (χ0n) is 12.4. The van der Waals surface area contributed by atoms with Crippen molar-refractivity contribution in [1.82, 2.24) is 10.2 Å². The fourth-order valence-corrected chi connectivity index (χ4v) is 3.01. The third kappa shape index (κ3) is 4.77. The summed E-state index contributed by atoms with van der Waals surface area (Å²) < 4.78 is 5.30. The highest BCUT2D eigenvalue weighted by atomic mass is 16.5. The molecular weight excluding hydrogens is 240 g/mol. The van der Waals surface area contributed by atoms with Gasteiger partial charge in [0.1, 0.15) is 0 Å². The van der Waals surface area contributed by atoms with E-state index in [1.165, 1.54) is 25.9 Å². The van der Waals surface area contributed by atoms with E-state index in [-0.39, 0.29) is 5.91 Å². The van der Waals surface area contributed by atoms with E-state index >= 15 is 0 Å².